The largest absolute Gasteiger partial charge is 0.330 e. The van der Waals surface area contributed by atoms with Gasteiger partial charge in [-0.1, -0.05) is 55.5 Å². The summed E-state index contributed by atoms with van der Waals surface area (Å²) in [4.78, 5) is 4.54. The lowest BCUT2D eigenvalue weighted by Gasteiger charge is -2.11. The third-order valence-electron chi connectivity index (χ3n) is 4.14. The fraction of sp³-hybridized carbons (Fsp3) is 0.250. The fourth-order valence-electron chi connectivity index (χ4n) is 2.95. The van der Waals surface area contributed by atoms with Crippen LogP contribution in [0.25, 0.3) is 22.0 Å². The second kappa shape index (κ2) is 6.71. The van der Waals surface area contributed by atoms with Gasteiger partial charge in [-0.25, -0.2) is 0 Å². The quantitative estimate of drug-likeness (QED) is 0.755. The molecule has 3 aromatic rings. The molecule has 0 saturated carbocycles. The number of aromatic nitrogens is 1. The van der Waals surface area contributed by atoms with Crippen LogP contribution < -0.4 is 5.73 Å². The minimum atomic E-state index is 0.634. The van der Waals surface area contributed by atoms with E-state index in [2.05, 4.69) is 60.4 Å². The molecule has 1 unspecified atom stereocenters. The van der Waals surface area contributed by atoms with Crippen molar-refractivity contribution in [1.29, 1.82) is 0 Å². The van der Waals surface area contributed by atoms with E-state index in [4.69, 9.17) is 5.73 Å². The molecule has 2 aromatic carbocycles. The third kappa shape index (κ3) is 3.18. The predicted molar refractivity (Wildman–Crippen MR) is 93.7 cm³/mol. The van der Waals surface area contributed by atoms with Crippen LogP contribution in [0.2, 0.25) is 0 Å². The molecule has 0 bridgehead atoms. The normalized spacial score (nSPS) is 12.5. The molecule has 0 aliphatic rings. The van der Waals surface area contributed by atoms with Gasteiger partial charge in [0.2, 0.25) is 0 Å². The first-order valence-corrected chi connectivity index (χ1v) is 7.91. The summed E-state index contributed by atoms with van der Waals surface area (Å²) in [6.07, 6.45) is 4.02. The van der Waals surface area contributed by atoms with E-state index in [1.807, 2.05) is 12.3 Å². The van der Waals surface area contributed by atoms with Gasteiger partial charge < -0.3 is 5.73 Å². The smallest absolute Gasteiger partial charge is 0.0780 e. The highest BCUT2D eigenvalue weighted by molar-refractivity contribution is 5.93. The number of nitrogens with zero attached hydrogens (tertiary/aromatic N) is 1. The van der Waals surface area contributed by atoms with E-state index in [1.165, 1.54) is 22.1 Å². The number of rotatable bonds is 5. The summed E-state index contributed by atoms with van der Waals surface area (Å²) in [5.41, 5.74) is 10.5. The van der Waals surface area contributed by atoms with Gasteiger partial charge in [0.05, 0.1) is 5.52 Å². The van der Waals surface area contributed by atoms with Gasteiger partial charge >= 0.3 is 0 Å². The molecule has 1 heterocycles. The first kappa shape index (κ1) is 14.7. The summed E-state index contributed by atoms with van der Waals surface area (Å²) in [6, 6.07) is 19.3. The molecule has 0 radical (unpaired) electrons. The Bertz CT molecular complexity index is 742. The van der Waals surface area contributed by atoms with Gasteiger partial charge in [0, 0.05) is 17.1 Å². The zero-order valence-corrected chi connectivity index (χ0v) is 13.0. The number of hydrogen-bond acceptors (Lipinski definition) is 2. The lowest BCUT2D eigenvalue weighted by molar-refractivity contribution is 0.538. The number of benzene rings is 2. The topological polar surface area (TPSA) is 38.9 Å². The van der Waals surface area contributed by atoms with Crippen molar-refractivity contribution in [1.82, 2.24) is 4.98 Å². The number of pyridine rings is 1. The number of fused-ring (bicyclic) bond motifs is 1. The zero-order valence-electron chi connectivity index (χ0n) is 13.0. The molecular formula is C20H22N2. The molecule has 2 heteroatoms. The van der Waals surface area contributed by atoms with E-state index in [0.717, 1.165) is 24.9 Å². The van der Waals surface area contributed by atoms with E-state index in [9.17, 15) is 0 Å². The van der Waals surface area contributed by atoms with Crippen molar-refractivity contribution in [3.63, 3.8) is 0 Å². The van der Waals surface area contributed by atoms with Crippen LogP contribution in [0.5, 0.6) is 0 Å². The van der Waals surface area contributed by atoms with Crippen molar-refractivity contribution in [3.8, 4) is 11.1 Å². The van der Waals surface area contributed by atoms with Gasteiger partial charge in [-0.15, -0.1) is 0 Å². The second-order valence-electron chi connectivity index (χ2n) is 5.96. The molecule has 2 nitrogen and oxygen atoms in total. The molecule has 1 atom stereocenters. The average molecular weight is 290 g/mol. The van der Waals surface area contributed by atoms with Gasteiger partial charge in [-0.3, -0.25) is 4.98 Å². The number of nitrogens with two attached hydrogens (primary N) is 1. The average Bonchev–Trinajstić information content (AvgIpc) is 2.55. The van der Waals surface area contributed by atoms with Crippen LogP contribution in [0, 0.1) is 5.92 Å². The van der Waals surface area contributed by atoms with Gasteiger partial charge in [-0.05, 0) is 42.5 Å². The van der Waals surface area contributed by atoms with E-state index in [0.29, 0.717) is 5.92 Å². The zero-order chi connectivity index (χ0) is 15.4. The maximum Gasteiger partial charge on any atom is 0.0780 e. The molecule has 1 aromatic heterocycles. The van der Waals surface area contributed by atoms with E-state index < -0.39 is 0 Å². The summed E-state index contributed by atoms with van der Waals surface area (Å²) in [6.45, 7) is 3.02. The molecule has 22 heavy (non-hydrogen) atoms. The summed E-state index contributed by atoms with van der Waals surface area (Å²) < 4.78 is 0. The first-order valence-electron chi connectivity index (χ1n) is 7.91. The Balaban J connectivity index is 1.89. The third-order valence-corrected chi connectivity index (χ3v) is 4.14. The highest BCUT2D eigenvalue weighted by Gasteiger charge is 2.06. The van der Waals surface area contributed by atoms with Crippen LogP contribution in [-0.4, -0.2) is 11.5 Å². The van der Waals surface area contributed by atoms with Crippen molar-refractivity contribution in [2.75, 3.05) is 6.54 Å². The van der Waals surface area contributed by atoms with Crippen LogP contribution in [-0.2, 0) is 6.42 Å². The van der Waals surface area contributed by atoms with E-state index >= 15 is 0 Å². The Morgan fingerprint density at radius 3 is 2.55 bits per heavy atom. The molecule has 0 saturated heterocycles. The summed E-state index contributed by atoms with van der Waals surface area (Å²) in [5.74, 6) is 0.634. The molecule has 112 valence electrons. The van der Waals surface area contributed by atoms with Crippen molar-refractivity contribution in [3.05, 3.63) is 66.4 Å². The molecule has 0 spiro atoms. The monoisotopic (exact) mass is 290 g/mol. The van der Waals surface area contributed by atoms with E-state index in [-0.39, 0.29) is 0 Å². The molecule has 0 fully saturated rings. The van der Waals surface area contributed by atoms with Crippen LogP contribution in [0.3, 0.4) is 0 Å². The Hall–Kier alpha value is -2.19. The van der Waals surface area contributed by atoms with Crippen LogP contribution in [0.1, 0.15) is 18.9 Å². The Kier molecular flexibility index (Phi) is 4.50. The maximum atomic E-state index is 5.63. The minimum Gasteiger partial charge on any atom is -0.330 e. The molecule has 0 amide bonds. The van der Waals surface area contributed by atoms with Crippen LogP contribution >= 0.6 is 0 Å². The van der Waals surface area contributed by atoms with Crippen molar-refractivity contribution in [2.24, 2.45) is 11.7 Å². The Morgan fingerprint density at radius 1 is 1.00 bits per heavy atom. The maximum absolute atomic E-state index is 5.63. The van der Waals surface area contributed by atoms with Gasteiger partial charge in [0.15, 0.2) is 0 Å². The molecule has 2 N–H and O–H groups in total. The lowest BCUT2D eigenvalue weighted by Crippen LogP contribution is -2.07. The molecule has 3 rings (SSSR count). The summed E-state index contributed by atoms with van der Waals surface area (Å²) in [7, 11) is 0. The van der Waals surface area contributed by atoms with Gasteiger partial charge in [0.25, 0.3) is 0 Å². The molecule has 0 aliphatic heterocycles. The first-order chi connectivity index (χ1) is 10.8. The van der Waals surface area contributed by atoms with Gasteiger partial charge in [-0.2, -0.15) is 0 Å². The number of hydrogen-bond donors (Lipinski definition) is 1. The standard InChI is InChI=1S/C20H22N2/c1-15(11-12-21)14-16-7-9-17(10-8-16)19-6-2-4-18-5-3-13-22-20(18)19/h2-10,13,15H,11-12,14,21H2,1H3. The Labute approximate surface area is 132 Å². The van der Waals surface area contributed by atoms with Crippen molar-refractivity contribution < 1.29 is 0 Å². The highest BCUT2D eigenvalue weighted by atomic mass is 14.6. The Morgan fingerprint density at radius 2 is 1.77 bits per heavy atom. The van der Waals surface area contributed by atoms with E-state index in [1.54, 1.807) is 0 Å². The minimum absolute atomic E-state index is 0.634. The van der Waals surface area contributed by atoms with Crippen LogP contribution in [0.15, 0.2) is 60.8 Å². The molecular weight excluding hydrogens is 268 g/mol. The summed E-state index contributed by atoms with van der Waals surface area (Å²) >= 11 is 0. The highest BCUT2D eigenvalue weighted by Crippen LogP contribution is 2.27. The van der Waals surface area contributed by atoms with Gasteiger partial charge in [0.1, 0.15) is 0 Å². The SMILES string of the molecule is CC(CCN)Cc1ccc(-c2cccc3cccnc23)cc1. The summed E-state index contributed by atoms with van der Waals surface area (Å²) in [5, 5.41) is 1.18. The van der Waals surface area contributed by atoms with Crippen LogP contribution in [0.4, 0.5) is 0 Å². The number of para-hydroxylation sites is 1. The molecule has 0 aliphatic carbocycles. The second-order valence-corrected chi connectivity index (χ2v) is 5.96. The predicted octanol–water partition coefficient (Wildman–Crippen LogP) is 4.43. The fourth-order valence-corrected chi connectivity index (χ4v) is 2.95. The van der Waals surface area contributed by atoms with Crippen molar-refractivity contribution >= 4 is 10.9 Å². The lowest BCUT2D eigenvalue weighted by atomic mass is 9.95. The van der Waals surface area contributed by atoms with Crippen molar-refractivity contribution in [2.45, 2.75) is 19.8 Å².